The van der Waals surface area contributed by atoms with E-state index in [4.69, 9.17) is 0 Å². The summed E-state index contributed by atoms with van der Waals surface area (Å²) in [5.74, 6) is 0.0451. The van der Waals surface area contributed by atoms with E-state index < -0.39 is 0 Å². The van der Waals surface area contributed by atoms with Crippen molar-refractivity contribution in [2.45, 2.75) is 45.3 Å². The second-order valence-corrected chi connectivity index (χ2v) is 5.02. The highest BCUT2D eigenvalue weighted by Gasteiger charge is 2.30. The van der Waals surface area contributed by atoms with Crippen molar-refractivity contribution in [1.82, 2.24) is 9.88 Å². The third-order valence-electron chi connectivity index (χ3n) is 3.49. The lowest BCUT2D eigenvalue weighted by molar-refractivity contribution is 0.0681. The standard InChI is InChI=1S/C14H20N2O2/c1-10(17)9-12-5-4-8-16(12)14(18)13-6-3-7-15-11(13)2/h3,6-7,10,12,17H,4-5,8-9H2,1-2H3. The number of aliphatic hydroxyl groups excluding tert-OH is 1. The van der Waals surface area contributed by atoms with Gasteiger partial charge in [-0.05, 0) is 45.2 Å². The van der Waals surface area contributed by atoms with E-state index in [1.165, 1.54) is 0 Å². The molecule has 2 atom stereocenters. The minimum Gasteiger partial charge on any atom is -0.393 e. The predicted molar refractivity (Wildman–Crippen MR) is 69.3 cm³/mol. The molecule has 0 saturated carbocycles. The predicted octanol–water partition coefficient (Wildman–Crippen LogP) is 1.77. The molecule has 2 heterocycles. The van der Waals surface area contributed by atoms with E-state index in [9.17, 15) is 9.90 Å². The van der Waals surface area contributed by atoms with Gasteiger partial charge in [0.15, 0.2) is 0 Å². The van der Waals surface area contributed by atoms with Gasteiger partial charge < -0.3 is 10.0 Å². The smallest absolute Gasteiger partial charge is 0.255 e. The molecule has 98 valence electrons. The first kappa shape index (κ1) is 13.0. The zero-order chi connectivity index (χ0) is 13.1. The molecular formula is C14H20N2O2. The lowest BCUT2D eigenvalue weighted by Gasteiger charge is -2.26. The van der Waals surface area contributed by atoms with Crippen LogP contribution >= 0.6 is 0 Å². The van der Waals surface area contributed by atoms with Crippen LogP contribution in [0.1, 0.15) is 42.2 Å². The molecular weight excluding hydrogens is 228 g/mol. The first-order valence-corrected chi connectivity index (χ1v) is 6.50. The summed E-state index contributed by atoms with van der Waals surface area (Å²) in [4.78, 5) is 18.5. The first-order valence-electron chi connectivity index (χ1n) is 6.50. The Morgan fingerprint density at radius 2 is 2.44 bits per heavy atom. The molecule has 4 nitrogen and oxygen atoms in total. The number of carbonyl (C=O) groups excluding carboxylic acids is 1. The maximum Gasteiger partial charge on any atom is 0.255 e. The van der Waals surface area contributed by atoms with Crippen LogP contribution in [0.5, 0.6) is 0 Å². The Balaban J connectivity index is 2.15. The van der Waals surface area contributed by atoms with Crippen molar-refractivity contribution < 1.29 is 9.90 Å². The number of hydrogen-bond donors (Lipinski definition) is 1. The molecule has 0 aliphatic carbocycles. The molecule has 2 unspecified atom stereocenters. The highest BCUT2D eigenvalue weighted by atomic mass is 16.3. The average Bonchev–Trinajstić information content (AvgIpc) is 2.76. The first-order chi connectivity index (χ1) is 8.59. The molecule has 18 heavy (non-hydrogen) atoms. The molecule has 1 saturated heterocycles. The summed E-state index contributed by atoms with van der Waals surface area (Å²) in [5, 5.41) is 9.49. The number of aromatic nitrogens is 1. The van der Waals surface area contributed by atoms with Crippen LogP contribution < -0.4 is 0 Å². The number of likely N-dealkylation sites (tertiary alicyclic amines) is 1. The molecule has 1 fully saturated rings. The van der Waals surface area contributed by atoms with Crippen LogP contribution in [0, 0.1) is 6.92 Å². The van der Waals surface area contributed by atoms with Gasteiger partial charge in [-0.1, -0.05) is 0 Å². The number of carbonyl (C=O) groups is 1. The maximum atomic E-state index is 12.5. The van der Waals surface area contributed by atoms with Crippen molar-refractivity contribution in [3.63, 3.8) is 0 Å². The van der Waals surface area contributed by atoms with Crippen LogP contribution in [0.15, 0.2) is 18.3 Å². The lowest BCUT2D eigenvalue weighted by Crippen LogP contribution is -2.37. The summed E-state index contributed by atoms with van der Waals surface area (Å²) in [6.45, 7) is 4.41. The van der Waals surface area contributed by atoms with Crippen molar-refractivity contribution in [1.29, 1.82) is 0 Å². The van der Waals surface area contributed by atoms with Crippen LogP contribution in [0.2, 0.25) is 0 Å². The fourth-order valence-electron chi connectivity index (χ4n) is 2.61. The largest absolute Gasteiger partial charge is 0.393 e. The number of pyridine rings is 1. The molecule has 1 aromatic rings. The normalized spacial score (nSPS) is 21.1. The molecule has 1 N–H and O–H groups in total. The average molecular weight is 248 g/mol. The molecule has 0 bridgehead atoms. The Hall–Kier alpha value is -1.42. The van der Waals surface area contributed by atoms with Crippen molar-refractivity contribution in [2.24, 2.45) is 0 Å². The Morgan fingerprint density at radius 1 is 1.67 bits per heavy atom. The fourth-order valence-corrected chi connectivity index (χ4v) is 2.61. The van der Waals surface area contributed by atoms with E-state index in [-0.39, 0.29) is 18.1 Å². The number of nitrogens with zero attached hydrogens (tertiary/aromatic N) is 2. The highest BCUT2D eigenvalue weighted by molar-refractivity contribution is 5.95. The minimum absolute atomic E-state index is 0.0451. The van der Waals surface area contributed by atoms with Crippen LogP contribution in [0.3, 0.4) is 0 Å². The molecule has 2 rings (SSSR count). The highest BCUT2D eigenvalue weighted by Crippen LogP contribution is 2.24. The topological polar surface area (TPSA) is 53.4 Å². The summed E-state index contributed by atoms with van der Waals surface area (Å²) in [5.41, 5.74) is 1.44. The number of rotatable bonds is 3. The number of hydrogen-bond acceptors (Lipinski definition) is 3. The summed E-state index contributed by atoms with van der Waals surface area (Å²) < 4.78 is 0. The molecule has 4 heteroatoms. The lowest BCUT2D eigenvalue weighted by atomic mass is 10.1. The number of aryl methyl sites for hydroxylation is 1. The van der Waals surface area contributed by atoms with Crippen LogP contribution in [0.4, 0.5) is 0 Å². The van der Waals surface area contributed by atoms with E-state index in [2.05, 4.69) is 4.98 Å². The summed E-state index contributed by atoms with van der Waals surface area (Å²) in [7, 11) is 0. The SMILES string of the molecule is Cc1ncccc1C(=O)N1CCCC1CC(C)O. The Labute approximate surface area is 108 Å². The van der Waals surface area contributed by atoms with Gasteiger partial charge in [-0.15, -0.1) is 0 Å². The van der Waals surface area contributed by atoms with Gasteiger partial charge in [0.05, 0.1) is 11.7 Å². The molecule has 0 aromatic carbocycles. The molecule has 1 aliphatic heterocycles. The van der Waals surface area contributed by atoms with Crippen molar-refractivity contribution in [2.75, 3.05) is 6.54 Å². The van der Waals surface area contributed by atoms with Crippen LogP contribution in [0.25, 0.3) is 0 Å². The van der Waals surface area contributed by atoms with Gasteiger partial charge >= 0.3 is 0 Å². The fraction of sp³-hybridized carbons (Fsp3) is 0.571. The zero-order valence-corrected chi connectivity index (χ0v) is 11.0. The van der Waals surface area contributed by atoms with E-state index >= 15 is 0 Å². The van der Waals surface area contributed by atoms with E-state index in [1.807, 2.05) is 17.9 Å². The molecule has 0 spiro atoms. The monoisotopic (exact) mass is 248 g/mol. The van der Waals surface area contributed by atoms with Gasteiger partial charge in [-0.2, -0.15) is 0 Å². The van der Waals surface area contributed by atoms with Gasteiger partial charge in [0.25, 0.3) is 5.91 Å². The van der Waals surface area contributed by atoms with Gasteiger partial charge in [-0.3, -0.25) is 9.78 Å². The molecule has 1 amide bonds. The third-order valence-corrected chi connectivity index (χ3v) is 3.49. The van der Waals surface area contributed by atoms with Gasteiger partial charge in [-0.25, -0.2) is 0 Å². The zero-order valence-electron chi connectivity index (χ0n) is 11.0. The van der Waals surface area contributed by atoms with E-state index in [0.29, 0.717) is 12.0 Å². The molecule has 0 radical (unpaired) electrons. The van der Waals surface area contributed by atoms with Gasteiger partial charge in [0.1, 0.15) is 0 Å². The number of amides is 1. The van der Waals surface area contributed by atoms with Crippen molar-refractivity contribution >= 4 is 5.91 Å². The van der Waals surface area contributed by atoms with Crippen LogP contribution in [-0.4, -0.2) is 39.6 Å². The summed E-state index contributed by atoms with van der Waals surface area (Å²) in [6.07, 6.45) is 3.99. The second kappa shape index (κ2) is 5.48. The second-order valence-electron chi connectivity index (χ2n) is 5.02. The van der Waals surface area contributed by atoms with E-state index in [1.54, 1.807) is 19.2 Å². The van der Waals surface area contributed by atoms with Crippen LogP contribution in [-0.2, 0) is 0 Å². The van der Waals surface area contributed by atoms with E-state index in [0.717, 1.165) is 25.1 Å². The maximum absolute atomic E-state index is 12.5. The van der Waals surface area contributed by atoms with Gasteiger partial charge in [0, 0.05) is 24.5 Å². The Kier molecular flexibility index (Phi) is 3.97. The van der Waals surface area contributed by atoms with Gasteiger partial charge in [0.2, 0.25) is 0 Å². The molecule has 1 aliphatic rings. The molecule has 1 aromatic heterocycles. The summed E-state index contributed by atoms with van der Waals surface area (Å²) in [6, 6.07) is 3.78. The van der Waals surface area contributed by atoms with Crippen molar-refractivity contribution in [3.8, 4) is 0 Å². The quantitative estimate of drug-likeness (QED) is 0.887. The third kappa shape index (κ3) is 2.70. The Bertz CT molecular complexity index is 432. The number of aliphatic hydroxyl groups is 1. The minimum atomic E-state index is -0.363. The van der Waals surface area contributed by atoms with Crippen molar-refractivity contribution in [3.05, 3.63) is 29.6 Å². The Morgan fingerprint density at radius 3 is 3.11 bits per heavy atom. The summed E-state index contributed by atoms with van der Waals surface area (Å²) >= 11 is 0.